The molecule has 7 heteroatoms. The molecule has 1 aromatic heterocycles. The third-order valence-corrected chi connectivity index (χ3v) is 2.88. The molecule has 17 heavy (non-hydrogen) atoms. The maximum atomic E-state index is 10.4. The summed E-state index contributed by atoms with van der Waals surface area (Å²) in [4.78, 5) is 16.1. The number of nitrogens with zero attached hydrogens (tertiary/aromatic N) is 4. The summed E-state index contributed by atoms with van der Waals surface area (Å²) in [6, 6.07) is 3.92. The lowest BCUT2D eigenvalue weighted by molar-refractivity contribution is -0.136. The summed E-state index contributed by atoms with van der Waals surface area (Å²) >= 11 is 1.31. The Labute approximate surface area is 102 Å². The zero-order valence-electron chi connectivity index (χ0n) is 8.96. The molecule has 0 aliphatic carbocycles. The lowest BCUT2D eigenvalue weighted by Gasteiger charge is -2.12. The van der Waals surface area contributed by atoms with Crippen molar-refractivity contribution in [3.63, 3.8) is 0 Å². The van der Waals surface area contributed by atoms with Crippen LogP contribution in [0.25, 0.3) is 0 Å². The van der Waals surface area contributed by atoms with Gasteiger partial charge in [-0.15, -0.1) is 11.3 Å². The van der Waals surface area contributed by atoms with E-state index in [9.17, 15) is 4.79 Å². The number of carboxylic acids is 1. The van der Waals surface area contributed by atoms with Gasteiger partial charge in [0, 0.05) is 11.8 Å². The highest BCUT2D eigenvalue weighted by molar-refractivity contribution is 7.13. The van der Waals surface area contributed by atoms with Gasteiger partial charge < -0.3 is 10.0 Å². The zero-order valence-corrected chi connectivity index (χ0v) is 9.77. The second-order valence-corrected chi connectivity index (χ2v) is 4.02. The van der Waals surface area contributed by atoms with Crippen LogP contribution in [0.5, 0.6) is 0 Å². The number of thiazole rings is 1. The fraction of sp³-hybridized carbons (Fsp3) is 0.400. The van der Waals surface area contributed by atoms with E-state index in [2.05, 4.69) is 4.98 Å². The predicted molar refractivity (Wildman–Crippen MR) is 61.5 cm³/mol. The van der Waals surface area contributed by atoms with Crippen LogP contribution in [-0.2, 0) is 11.2 Å². The minimum Gasteiger partial charge on any atom is -0.481 e. The van der Waals surface area contributed by atoms with Gasteiger partial charge in [0.2, 0.25) is 0 Å². The quantitative estimate of drug-likeness (QED) is 0.756. The highest BCUT2D eigenvalue weighted by Gasteiger charge is 2.11. The molecule has 1 heterocycles. The van der Waals surface area contributed by atoms with Crippen molar-refractivity contribution >= 4 is 22.4 Å². The molecule has 6 nitrogen and oxygen atoms in total. The molecule has 0 fully saturated rings. The highest BCUT2D eigenvalue weighted by Crippen LogP contribution is 2.20. The molecule has 0 spiro atoms. The minimum atomic E-state index is -0.870. The van der Waals surface area contributed by atoms with E-state index in [-0.39, 0.29) is 19.5 Å². The number of carboxylic acid groups (broad SMARTS) is 1. The number of aliphatic carboxylic acids is 1. The fourth-order valence-corrected chi connectivity index (χ4v) is 2.01. The Kier molecular flexibility index (Phi) is 4.92. The minimum absolute atomic E-state index is 0.0275. The van der Waals surface area contributed by atoms with E-state index < -0.39 is 5.97 Å². The number of hydrogen-bond acceptors (Lipinski definition) is 6. The van der Waals surface area contributed by atoms with Gasteiger partial charge >= 0.3 is 5.97 Å². The van der Waals surface area contributed by atoms with E-state index in [4.69, 9.17) is 15.6 Å². The Hall–Kier alpha value is -2.12. The lowest BCUT2D eigenvalue weighted by Crippen LogP contribution is -2.23. The average Bonchev–Trinajstić information content (AvgIpc) is 2.74. The van der Waals surface area contributed by atoms with E-state index in [0.29, 0.717) is 17.2 Å². The van der Waals surface area contributed by atoms with Crippen LogP contribution in [0.4, 0.5) is 5.13 Å². The second-order valence-electron chi connectivity index (χ2n) is 3.19. The van der Waals surface area contributed by atoms with Gasteiger partial charge in [-0.25, -0.2) is 4.98 Å². The summed E-state index contributed by atoms with van der Waals surface area (Å²) in [5.41, 5.74) is 0.674. The van der Waals surface area contributed by atoms with Gasteiger partial charge in [-0.1, -0.05) is 0 Å². The number of rotatable bonds is 6. The maximum absolute atomic E-state index is 10.4. The topological polar surface area (TPSA) is 101 Å². The summed E-state index contributed by atoms with van der Waals surface area (Å²) in [6.45, 7) is 0.193. The van der Waals surface area contributed by atoms with Crippen LogP contribution in [0.1, 0.15) is 12.1 Å². The molecule has 0 saturated carbocycles. The number of aromatic nitrogens is 1. The van der Waals surface area contributed by atoms with Crippen molar-refractivity contribution < 1.29 is 9.90 Å². The van der Waals surface area contributed by atoms with E-state index in [1.807, 2.05) is 12.1 Å². The molecule has 1 N–H and O–H groups in total. The van der Waals surface area contributed by atoms with E-state index in [1.54, 1.807) is 10.3 Å². The molecule has 0 unspecified atom stereocenters. The Bertz CT molecular complexity index is 455. The molecule has 1 aromatic rings. The highest BCUT2D eigenvalue weighted by atomic mass is 32.1. The number of aryl methyl sites for hydroxylation is 1. The van der Waals surface area contributed by atoms with Crippen molar-refractivity contribution in [2.24, 2.45) is 0 Å². The molecular weight excluding hydrogens is 240 g/mol. The van der Waals surface area contributed by atoms with Gasteiger partial charge in [0.05, 0.1) is 24.3 Å². The molecule has 0 radical (unpaired) electrons. The lowest BCUT2D eigenvalue weighted by atomic mass is 10.2. The Morgan fingerprint density at radius 1 is 1.47 bits per heavy atom. The molecule has 0 amide bonds. The summed E-state index contributed by atoms with van der Waals surface area (Å²) < 4.78 is 0. The monoisotopic (exact) mass is 250 g/mol. The van der Waals surface area contributed by atoms with Crippen molar-refractivity contribution in [2.75, 3.05) is 18.0 Å². The first kappa shape index (κ1) is 12.9. The number of nitriles is 2. The van der Waals surface area contributed by atoms with E-state index >= 15 is 0 Å². The molecule has 0 aliphatic rings. The number of hydrogen-bond donors (Lipinski definition) is 1. The zero-order chi connectivity index (χ0) is 12.7. The van der Waals surface area contributed by atoms with Crippen LogP contribution < -0.4 is 4.90 Å². The molecular formula is C10H10N4O2S. The van der Waals surface area contributed by atoms with Gasteiger partial charge in [0.25, 0.3) is 0 Å². The van der Waals surface area contributed by atoms with Crippen molar-refractivity contribution in [1.29, 1.82) is 10.5 Å². The van der Waals surface area contributed by atoms with Gasteiger partial charge in [0.15, 0.2) is 5.13 Å². The van der Waals surface area contributed by atoms with Gasteiger partial charge in [-0.3, -0.25) is 4.79 Å². The molecule has 0 aromatic carbocycles. The van der Waals surface area contributed by atoms with Crippen LogP contribution in [-0.4, -0.2) is 29.1 Å². The van der Waals surface area contributed by atoms with Crippen LogP contribution in [0.15, 0.2) is 5.38 Å². The molecule has 0 atom stereocenters. The fourth-order valence-electron chi connectivity index (χ4n) is 1.15. The number of anilines is 1. The molecule has 0 bridgehead atoms. The number of carbonyl (C=O) groups is 1. The second kappa shape index (κ2) is 6.46. The van der Waals surface area contributed by atoms with Crippen molar-refractivity contribution in [1.82, 2.24) is 4.98 Å². The van der Waals surface area contributed by atoms with Crippen molar-refractivity contribution in [3.05, 3.63) is 11.1 Å². The van der Waals surface area contributed by atoms with E-state index in [0.717, 1.165) is 0 Å². The first-order valence-corrected chi connectivity index (χ1v) is 5.70. The Morgan fingerprint density at radius 3 is 2.65 bits per heavy atom. The van der Waals surface area contributed by atoms with Crippen molar-refractivity contribution in [3.8, 4) is 12.1 Å². The molecule has 1 rings (SSSR count). The molecule has 0 aliphatic heterocycles. The molecule has 0 saturated heterocycles. The smallest absolute Gasteiger partial charge is 0.303 e. The van der Waals surface area contributed by atoms with Crippen molar-refractivity contribution in [2.45, 2.75) is 12.8 Å². The summed E-state index contributed by atoms with van der Waals surface area (Å²) in [5.74, 6) is -0.870. The summed E-state index contributed by atoms with van der Waals surface area (Å²) in [6.07, 6.45) is 0.387. The molecule has 88 valence electrons. The average molecular weight is 250 g/mol. The van der Waals surface area contributed by atoms with Crippen LogP contribution in [0, 0.1) is 22.7 Å². The summed E-state index contributed by atoms with van der Waals surface area (Å²) in [5, 5.41) is 28.1. The SMILES string of the molecule is N#CCN(CC#N)c1nc(CCC(=O)O)cs1. The Morgan fingerprint density at radius 2 is 2.12 bits per heavy atom. The van der Waals surface area contributed by atoms with E-state index in [1.165, 1.54) is 11.3 Å². The van der Waals surface area contributed by atoms with Crippen LogP contribution in [0.3, 0.4) is 0 Å². The van der Waals surface area contributed by atoms with Gasteiger partial charge in [-0.2, -0.15) is 10.5 Å². The largest absolute Gasteiger partial charge is 0.481 e. The third-order valence-electron chi connectivity index (χ3n) is 1.93. The van der Waals surface area contributed by atoms with Crippen LogP contribution in [0.2, 0.25) is 0 Å². The maximum Gasteiger partial charge on any atom is 0.303 e. The third kappa shape index (κ3) is 4.09. The van der Waals surface area contributed by atoms with Gasteiger partial charge in [0.1, 0.15) is 13.1 Å². The Balaban J connectivity index is 2.68. The predicted octanol–water partition coefficient (Wildman–Crippen LogP) is 1.01. The first-order valence-electron chi connectivity index (χ1n) is 4.82. The summed E-state index contributed by atoms with van der Waals surface area (Å²) in [7, 11) is 0. The first-order chi connectivity index (χ1) is 8.17. The van der Waals surface area contributed by atoms with Crippen LogP contribution >= 0.6 is 11.3 Å². The van der Waals surface area contributed by atoms with Gasteiger partial charge in [-0.05, 0) is 0 Å². The normalized spacial score (nSPS) is 9.29. The standard InChI is InChI=1S/C10H10N4O2S/c11-3-5-14(6-4-12)10-13-8(7-17-10)1-2-9(15)16/h7H,1-2,5-6H2,(H,15,16).